The molecule has 0 amide bonds. The molecule has 2 aromatic rings. The minimum absolute atomic E-state index is 0.00912. The van der Waals surface area contributed by atoms with Crippen molar-refractivity contribution in [3.05, 3.63) is 50.3 Å². The Morgan fingerprint density at radius 2 is 0.937 bits per heavy atom. The number of nitrogens with one attached hydrogen (secondary N) is 1. The van der Waals surface area contributed by atoms with E-state index in [4.69, 9.17) is 45.5 Å². The summed E-state index contributed by atoms with van der Waals surface area (Å²) in [6, 6.07) is 5.32. The van der Waals surface area contributed by atoms with Crippen LogP contribution in [0.1, 0.15) is 378 Å². The topological polar surface area (TPSA) is 209 Å². The van der Waals surface area contributed by atoms with Crippen molar-refractivity contribution in [2.45, 2.75) is 379 Å². The van der Waals surface area contributed by atoms with E-state index in [1.807, 2.05) is 6.07 Å². The summed E-state index contributed by atoms with van der Waals surface area (Å²) in [7, 11) is 0. The zero-order valence-electron chi connectivity index (χ0n) is 60.0. The quantitative estimate of drug-likeness (QED) is 0.0320. The first-order valence-corrected chi connectivity index (χ1v) is 40.7. The molecular weight excluding hydrogens is 1230 g/mol. The van der Waals surface area contributed by atoms with Gasteiger partial charge in [0.1, 0.15) is 6.61 Å². The number of carbonyl (C=O) groups is 2. The minimum atomic E-state index is -2.23. The predicted octanol–water partition coefficient (Wildman–Crippen LogP) is 20.7. The molecule has 3 rings (SSSR count). The van der Waals surface area contributed by atoms with Crippen LogP contribution in [0.2, 0.25) is 0 Å². The third kappa shape index (κ3) is 39.4. The van der Waals surface area contributed by atoms with Gasteiger partial charge in [-0.25, -0.2) is 0 Å². The summed E-state index contributed by atoms with van der Waals surface area (Å²) in [6.45, 7) is 7.27. The van der Waals surface area contributed by atoms with Crippen molar-refractivity contribution in [1.29, 1.82) is 5.26 Å². The summed E-state index contributed by atoms with van der Waals surface area (Å²) in [5.41, 5.74) is -0.792. The van der Waals surface area contributed by atoms with E-state index in [0.29, 0.717) is 37.1 Å². The van der Waals surface area contributed by atoms with Crippen LogP contribution in [0.15, 0.2) is 27.9 Å². The van der Waals surface area contributed by atoms with Crippen LogP contribution in [-0.4, -0.2) is 76.4 Å². The minimum Gasteiger partial charge on any atom is -0.486 e. The number of aliphatic hydroxyl groups excluding tert-OH is 1. The van der Waals surface area contributed by atoms with Crippen LogP contribution in [0, 0.1) is 17.0 Å². The van der Waals surface area contributed by atoms with E-state index in [1.165, 1.54) is 244 Å². The maximum absolute atomic E-state index is 14.1. The molecule has 95 heavy (non-hydrogen) atoms. The van der Waals surface area contributed by atoms with E-state index in [0.717, 1.165) is 75.2 Å². The Morgan fingerprint density at radius 1 is 0.579 bits per heavy atom. The number of nitriles is 1. The van der Waals surface area contributed by atoms with Gasteiger partial charge in [0.15, 0.2) is 0 Å². The van der Waals surface area contributed by atoms with Crippen LogP contribution in [0.5, 0.6) is 17.2 Å². The second-order valence-electron chi connectivity index (χ2n) is 27.2. The molecule has 1 unspecified atom stereocenters. The molecule has 1 aliphatic heterocycles. The van der Waals surface area contributed by atoms with Gasteiger partial charge in [-0.1, -0.05) is 310 Å². The first kappa shape index (κ1) is 85.3. The standard InChI is InChI=1S/C78H132N3O12PS/c1-4-7-10-13-16-19-22-25-28-31-34-37-40-43-46-49-56-88-68-60-66(75(93-73(84)54-53-72(83)90-59-52-55-79)78(87)62-71(92-70(78)64-82)81-63-67(65-94-95)76(85)80-77(81)86)61-69(89-57-50-47-44-41-38-35-32-29-26-23-20-17-14-11-8-5-2)74(68)91-58-51-48-45-42-39-36-33-30-27-24-21-18-15-12-9-6-3/h60-61,63,70-71,75,82,87H,4-54,56-59,62,64H2,1-3H3,(H,80,85,86)/t70-,71-,75?,78+/m1/s1. The van der Waals surface area contributed by atoms with Gasteiger partial charge < -0.3 is 9.47 Å². The molecule has 4 atom stereocenters. The Bertz CT molecular complexity index is 2490. The summed E-state index contributed by atoms with van der Waals surface area (Å²) < 4.78 is 39.1. The number of aliphatic hydroxyl groups is 2. The van der Waals surface area contributed by atoms with Crippen molar-refractivity contribution >= 4 is 30.6 Å². The Hall–Kier alpha value is -3.96. The molecule has 542 valence electrons. The Balaban J connectivity index is 1.90. The average molecular weight is 1370 g/mol. The fourth-order valence-corrected chi connectivity index (χ4v) is 13.5. The first-order chi connectivity index (χ1) is 46.6. The third-order valence-electron chi connectivity index (χ3n) is 18.8. The van der Waals surface area contributed by atoms with Crippen LogP contribution in [0.25, 0.3) is 0 Å². The molecule has 0 aliphatic carbocycles. The van der Waals surface area contributed by atoms with Gasteiger partial charge in [0.05, 0.1) is 32.3 Å². The fourth-order valence-electron chi connectivity index (χ4n) is 13.0. The molecule has 1 aliphatic rings. The molecule has 1 aromatic carbocycles. The first-order valence-electron chi connectivity index (χ1n) is 38.8. The number of aromatic nitrogens is 2. The molecule has 0 spiro atoms. The number of hydrogen-bond acceptors (Lipinski definition) is 14. The van der Waals surface area contributed by atoms with Gasteiger partial charge in [0.2, 0.25) is 0 Å². The summed E-state index contributed by atoms with van der Waals surface area (Å²) >= 11 is 5.04. The van der Waals surface area contributed by atoms with Crippen molar-refractivity contribution in [2.24, 2.45) is 0 Å². The van der Waals surface area contributed by atoms with Gasteiger partial charge in [-0.05, 0) is 19.3 Å². The summed E-state index contributed by atoms with van der Waals surface area (Å²) in [5.74, 6) is -0.461. The summed E-state index contributed by atoms with van der Waals surface area (Å²) in [6.07, 6.45) is 55.5. The number of nitrogens with zero attached hydrogens (tertiary/aromatic N) is 2. The number of carbonyl (C=O) groups excluding carboxylic acids is 2. The van der Waals surface area contributed by atoms with E-state index in [9.17, 15) is 29.4 Å². The van der Waals surface area contributed by atoms with E-state index in [2.05, 4.69) is 31.4 Å². The molecule has 17 heteroatoms. The average Bonchev–Trinajstić information content (AvgIpc) is 1.65. The van der Waals surface area contributed by atoms with Crippen molar-refractivity contribution in [3.63, 3.8) is 0 Å². The van der Waals surface area contributed by atoms with E-state index in [-0.39, 0.29) is 37.4 Å². The Morgan fingerprint density at radius 3 is 1.29 bits per heavy atom. The van der Waals surface area contributed by atoms with Crippen molar-refractivity contribution < 1.29 is 48.2 Å². The molecule has 1 aromatic heterocycles. The number of rotatable bonds is 64. The number of aromatic amines is 1. The van der Waals surface area contributed by atoms with Gasteiger partial charge in [0, 0.05) is 0 Å². The maximum atomic E-state index is 14.1. The summed E-state index contributed by atoms with van der Waals surface area (Å²) in [5, 5.41) is 33.2. The second kappa shape index (κ2) is 57.9. The van der Waals surface area contributed by atoms with Crippen molar-refractivity contribution in [2.75, 3.05) is 33.0 Å². The molecule has 0 saturated carbocycles. The van der Waals surface area contributed by atoms with Gasteiger partial charge in [-0.3, -0.25) is 4.79 Å². The second-order valence-corrected chi connectivity index (χ2v) is 28.1. The fraction of sp³-hybridized carbons (Fsp3) is 0.821. The Kier molecular flexibility index (Phi) is 52.0. The number of unbranched alkanes of at least 4 members (excludes halogenated alkanes) is 45. The smallest absolute Gasteiger partial charge is 0.486 e. The van der Waals surface area contributed by atoms with Crippen LogP contribution < -0.4 is 25.5 Å². The SMILES string of the molecule is CCCCCCCCCCCCCCCCCCOc1cc(C(OC(=O)CCC(=O)OCCC#N)[C@]2(O)C[C@H](n3cc(C#P=S)c(=O)[nH]c3=O)O[C@@H]2CO)cc(OCCCCCCCCCCCCCCCCCC)c1OCCCCCCCCCCCCCCCCCC. The molecule has 1 fully saturated rings. The number of ether oxygens (including phenoxy) is 6. The molecular formula is C78H132N3O12PS. The van der Waals surface area contributed by atoms with Gasteiger partial charge in [-0.15, -0.1) is 0 Å². The molecule has 15 nitrogen and oxygen atoms in total. The molecule has 0 bridgehead atoms. The van der Waals surface area contributed by atoms with E-state index in [1.54, 1.807) is 12.1 Å². The molecule has 3 N–H and O–H groups in total. The van der Waals surface area contributed by atoms with E-state index < -0.39 is 66.7 Å². The molecule has 0 radical (unpaired) electrons. The van der Waals surface area contributed by atoms with Crippen LogP contribution >= 0.6 is 6.81 Å². The van der Waals surface area contributed by atoms with Crippen LogP contribution in [0.4, 0.5) is 0 Å². The van der Waals surface area contributed by atoms with Crippen molar-refractivity contribution in [1.82, 2.24) is 9.55 Å². The number of esters is 2. The third-order valence-corrected chi connectivity index (χ3v) is 19.4. The predicted molar refractivity (Wildman–Crippen MR) is 390 cm³/mol. The number of hydrogen-bond donors (Lipinski definition) is 3. The van der Waals surface area contributed by atoms with Gasteiger partial charge in [0.25, 0.3) is 0 Å². The van der Waals surface area contributed by atoms with Crippen LogP contribution in [-0.2, 0) is 35.6 Å². The zero-order valence-corrected chi connectivity index (χ0v) is 61.7. The molecule has 1 saturated heterocycles. The molecule has 2 heterocycles. The zero-order chi connectivity index (χ0) is 68.5. The monoisotopic (exact) mass is 1370 g/mol. The Labute approximate surface area is 581 Å². The van der Waals surface area contributed by atoms with Crippen LogP contribution in [0.3, 0.4) is 0 Å². The van der Waals surface area contributed by atoms with Crippen molar-refractivity contribution in [3.8, 4) is 28.9 Å². The van der Waals surface area contributed by atoms with Gasteiger partial charge in [-0.2, -0.15) is 5.26 Å². The number of H-pyrrole nitrogens is 1. The number of benzene rings is 1. The van der Waals surface area contributed by atoms with E-state index >= 15 is 0 Å². The summed E-state index contributed by atoms with van der Waals surface area (Å²) in [4.78, 5) is 55.4. The van der Waals surface area contributed by atoms with Gasteiger partial charge >= 0.3 is 197 Å². The normalized spacial score (nSPS) is 15.5.